The molecule has 78 valence electrons. The van der Waals surface area contributed by atoms with E-state index in [1.165, 1.54) is 18.5 Å². The number of hydrogen-bond donors (Lipinski definition) is 3. The van der Waals surface area contributed by atoms with Crippen LogP contribution in [0.2, 0.25) is 0 Å². The smallest absolute Gasteiger partial charge is 0.117 e. The van der Waals surface area contributed by atoms with Crippen LogP contribution in [0.4, 0.5) is 0 Å². The average Bonchev–Trinajstić information content (AvgIpc) is 2.95. The number of aromatic nitrogens is 1. The molecular weight excluding hydrogens is 188 g/mol. The number of hydrogen-bond acceptors (Lipinski definition) is 2. The zero-order valence-corrected chi connectivity index (χ0v) is 8.46. The molecule has 3 N–H and O–H groups in total. The molecule has 0 aliphatic heterocycles. The van der Waals surface area contributed by atoms with Crippen molar-refractivity contribution in [2.75, 3.05) is 0 Å². The van der Waals surface area contributed by atoms with Gasteiger partial charge in [-0.05, 0) is 36.4 Å². The minimum absolute atomic E-state index is 0.311. The maximum Gasteiger partial charge on any atom is 0.117 e. The summed E-state index contributed by atoms with van der Waals surface area (Å²) < 4.78 is 0. The number of H-pyrrole nitrogens is 1. The summed E-state index contributed by atoms with van der Waals surface area (Å²) >= 11 is 0. The first-order valence-corrected chi connectivity index (χ1v) is 5.35. The maximum absolute atomic E-state index is 9.33. The van der Waals surface area contributed by atoms with Gasteiger partial charge in [0.05, 0.1) is 0 Å². The van der Waals surface area contributed by atoms with Crippen LogP contribution in [-0.4, -0.2) is 16.1 Å². The van der Waals surface area contributed by atoms with E-state index in [0.717, 1.165) is 23.5 Å². The zero-order valence-electron chi connectivity index (χ0n) is 8.46. The molecule has 3 nitrogen and oxygen atoms in total. The first kappa shape index (κ1) is 8.80. The van der Waals surface area contributed by atoms with Gasteiger partial charge in [-0.3, -0.25) is 0 Å². The van der Waals surface area contributed by atoms with Gasteiger partial charge in [-0.1, -0.05) is 0 Å². The van der Waals surface area contributed by atoms with Crippen molar-refractivity contribution in [1.82, 2.24) is 10.3 Å². The maximum atomic E-state index is 9.33. The summed E-state index contributed by atoms with van der Waals surface area (Å²) in [4.78, 5) is 3.30. The standard InChI is InChI=1S/C12H14N2O/c15-11-4-1-8-5-10(14-12(8)6-11)7-13-9-2-3-9/h1,4-6,9,13-15H,2-3,7H2. The predicted octanol–water partition coefficient (Wildman–Crippen LogP) is 2.13. The second kappa shape index (κ2) is 3.28. The van der Waals surface area contributed by atoms with Crippen LogP contribution in [0, 0.1) is 0 Å². The molecule has 3 rings (SSSR count). The first-order valence-electron chi connectivity index (χ1n) is 5.35. The molecule has 0 atom stereocenters. The molecule has 1 aromatic carbocycles. The predicted molar refractivity (Wildman–Crippen MR) is 59.8 cm³/mol. The van der Waals surface area contributed by atoms with Gasteiger partial charge in [0.25, 0.3) is 0 Å². The second-order valence-corrected chi connectivity index (χ2v) is 4.22. The molecule has 1 aromatic heterocycles. The van der Waals surface area contributed by atoms with E-state index < -0.39 is 0 Å². The summed E-state index contributed by atoms with van der Waals surface area (Å²) in [7, 11) is 0. The van der Waals surface area contributed by atoms with Crippen molar-refractivity contribution in [3.05, 3.63) is 30.0 Å². The molecule has 1 aliphatic carbocycles. The van der Waals surface area contributed by atoms with Crippen LogP contribution in [0.3, 0.4) is 0 Å². The van der Waals surface area contributed by atoms with Crippen molar-refractivity contribution in [2.45, 2.75) is 25.4 Å². The first-order chi connectivity index (χ1) is 7.31. The minimum atomic E-state index is 0.311. The molecule has 15 heavy (non-hydrogen) atoms. The van der Waals surface area contributed by atoms with E-state index in [1.807, 2.05) is 6.07 Å². The lowest BCUT2D eigenvalue weighted by Gasteiger charge is -1.98. The van der Waals surface area contributed by atoms with Gasteiger partial charge in [-0.15, -0.1) is 0 Å². The monoisotopic (exact) mass is 202 g/mol. The fourth-order valence-corrected chi connectivity index (χ4v) is 1.81. The molecule has 0 saturated heterocycles. The molecule has 0 bridgehead atoms. The van der Waals surface area contributed by atoms with Gasteiger partial charge < -0.3 is 15.4 Å². The Morgan fingerprint density at radius 1 is 1.33 bits per heavy atom. The lowest BCUT2D eigenvalue weighted by molar-refractivity contribution is 0.476. The summed E-state index contributed by atoms with van der Waals surface area (Å²) in [5.74, 6) is 0.311. The Labute approximate surface area is 88.1 Å². The molecule has 0 unspecified atom stereocenters. The lowest BCUT2D eigenvalue weighted by Crippen LogP contribution is -2.15. The summed E-state index contributed by atoms with van der Waals surface area (Å²) in [6, 6.07) is 8.26. The van der Waals surface area contributed by atoms with Crippen molar-refractivity contribution in [2.24, 2.45) is 0 Å². The summed E-state index contributed by atoms with van der Waals surface area (Å²) in [6.45, 7) is 0.889. The number of phenols is 1. The summed E-state index contributed by atoms with van der Waals surface area (Å²) in [5, 5.41) is 13.9. The number of aromatic amines is 1. The fraction of sp³-hybridized carbons (Fsp3) is 0.333. The Kier molecular flexibility index (Phi) is 1.92. The largest absolute Gasteiger partial charge is 0.508 e. The van der Waals surface area contributed by atoms with Gasteiger partial charge in [0.2, 0.25) is 0 Å². The highest BCUT2D eigenvalue weighted by Crippen LogP contribution is 2.22. The molecule has 0 spiro atoms. The van der Waals surface area contributed by atoms with E-state index in [1.54, 1.807) is 12.1 Å². The number of rotatable bonds is 3. The third-order valence-electron chi connectivity index (χ3n) is 2.82. The minimum Gasteiger partial charge on any atom is -0.508 e. The van der Waals surface area contributed by atoms with Crippen LogP contribution in [0.1, 0.15) is 18.5 Å². The zero-order chi connectivity index (χ0) is 10.3. The lowest BCUT2D eigenvalue weighted by atomic mass is 10.2. The van der Waals surface area contributed by atoms with Crippen LogP contribution in [0.5, 0.6) is 5.75 Å². The summed E-state index contributed by atoms with van der Waals surface area (Å²) in [5.41, 5.74) is 2.19. The molecule has 0 amide bonds. The highest BCUT2D eigenvalue weighted by Gasteiger charge is 2.20. The third-order valence-corrected chi connectivity index (χ3v) is 2.82. The van der Waals surface area contributed by atoms with E-state index in [2.05, 4.69) is 16.4 Å². The van der Waals surface area contributed by atoms with E-state index >= 15 is 0 Å². The Bertz CT molecular complexity index is 485. The number of fused-ring (bicyclic) bond motifs is 1. The van der Waals surface area contributed by atoms with Crippen molar-refractivity contribution in [1.29, 1.82) is 0 Å². The average molecular weight is 202 g/mol. The van der Waals surface area contributed by atoms with E-state index in [9.17, 15) is 5.11 Å². The fourth-order valence-electron chi connectivity index (χ4n) is 1.81. The quantitative estimate of drug-likeness (QED) is 0.714. The summed E-state index contributed by atoms with van der Waals surface area (Å²) in [6.07, 6.45) is 2.61. The van der Waals surface area contributed by atoms with Crippen molar-refractivity contribution < 1.29 is 5.11 Å². The van der Waals surface area contributed by atoms with Crippen LogP contribution in [0.25, 0.3) is 10.9 Å². The highest BCUT2D eigenvalue weighted by molar-refractivity contribution is 5.81. The Morgan fingerprint density at radius 2 is 2.20 bits per heavy atom. The van der Waals surface area contributed by atoms with Gasteiger partial charge in [0.1, 0.15) is 5.75 Å². The van der Waals surface area contributed by atoms with Crippen LogP contribution in [-0.2, 0) is 6.54 Å². The normalized spacial score (nSPS) is 16.0. The highest BCUT2D eigenvalue weighted by atomic mass is 16.3. The molecule has 1 fully saturated rings. The molecule has 1 saturated carbocycles. The van der Waals surface area contributed by atoms with E-state index in [4.69, 9.17) is 0 Å². The number of phenolic OH excluding ortho intramolecular Hbond substituents is 1. The molecule has 1 aliphatic rings. The van der Waals surface area contributed by atoms with Gasteiger partial charge in [-0.2, -0.15) is 0 Å². The van der Waals surface area contributed by atoms with Gasteiger partial charge >= 0.3 is 0 Å². The second-order valence-electron chi connectivity index (χ2n) is 4.22. The van der Waals surface area contributed by atoms with Crippen molar-refractivity contribution >= 4 is 10.9 Å². The van der Waals surface area contributed by atoms with Crippen LogP contribution < -0.4 is 5.32 Å². The van der Waals surface area contributed by atoms with Crippen LogP contribution in [0.15, 0.2) is 24.3 Å². The van der Waals surface area contributed by atoms with Gasteiger partial charge in [0.15, 0.2) is 0 Å². The van der Waals surface area contributed by atoms with Gasteiger partial charge in [-0.25, -0.2) is 0 Å². The molecule has 2 aromatic rings. The molecular formula is C12H14N2O. The molecule has 1 heterocycles. The number of nitrogens with one attached hydrogen (secondary N) is 2. The van der Waals surface area contributed by atoms with Crippen LogP contribution >= 0.6 is 0 Å². The Morgan fingerprint density at radius 3 is 3.00 bits per heavy atom. The number of aromatic hydroxyl groups is 1. The Balaban J connectivity index is 1.84. The topological polar surface area (TPSA) is 48.0 Å². The van der Waals surface area contributed by atoms with Crippen molar-refractivity contribution in [3.8, 4) is 5.75 Å². The third kappa shape index (κ3) is 1.83. The Hall–Kier alpha value is -1.48. The SMILES string of the molecule is Oc1ccc2cc(CNC3CC3)[nH]c2c1. The van der Waals surface area contributed by atoms with E-state index in [0.29, 0.717) is 5.75 Å². The molecule has 0 radical (unpaired) electrons. The molecule has 3 heteroatoms. The van der Waals surface area contributed by atoms with Crippen molar-refractivity contribution in [3.63, 3.8) is 0 Å². The number of benzene rings is 1. The van der Waals surface area contributed by atoms with E-state index in [-0.39, 0.29) is 0 Å². The van der Waals surface area contributed by atoms with Gasteiger partial charge in [0, 0.05) is 29.9 Å².